The van der Waals surface area contributed by atoms with Crippen LogP contribution in [0.1, 0.15) is 24.6 Å². The lowest BCUT2D eigenvalue weighted by atomic mass is 10.2. The van der Waals surface area contributed by atoms with E-state index < -0.39 is 0 Å². The SMILES string of the molecule is CCCOCCOc1ccc(CO)c(C)n1. The lowest BCUT2D eigenvalue weighted by molar-refractivity contribution is 0.0989. The molecule has 0 bridgehead atoms. The fraction of sp³-hybridized carbons (Fsp3) is 0.583. The van der Waals surface area contributed by atoms with Crippen molar-refractivity contribution < 1.29 is 14.6 Å². The first-order valence-corrected chi connectivity index (χ1v) is 5.55. The summed E-state index contributed by atoms with van der Waals surface area (Å²) in [6, 6.07) is 3.59. The molecular formula is C12H19NO3. The van der Waals surface area contributed by atoms with Crippen molar-refractivity contribution in [3.8, 4) is 5.88 Å². The molecule has 0 amide bonds. The fourth-order valence-electron chi connectivity index (χ4n) is 1.27. The highest BCUT2D eigenvalue weighted by Crippen LogP contribution is 2.12. The Hall–Kier alpha value is -1.13. The van der Waals surface area contributed by atoms with Gasteiger partial charge >= 0.3 is 0 Å². The summed E-state index contributed by atoms with van der Waals surface area (Å²) in [5.74, 6) is 0.579. The summed E-state index contributed by atoms with van der Waals surface area (Å²) in [7, 11) is 0. The first-order chi connectivity index (χ1) is 7.77. The highest BCUT2D eigenvalue weighted by molar-refractivity contribution is 5.24. The summed E-state index contributed by atoms with van der Waals surface area (Å²) < 4.78 is 10.7. The normalized spacial score (nSPS) is 10.4. The van der Waals surface area contributed by atoms with Crippen molar-refractivity contribution in [3.63, 3.8) is 0 Å². The van der Waals surface area contributed by atoms with E-state index in [1.54, 1.807) is 6.07 Å². The second-order valence-electron chi connectivity index (χ2n) is 3.51. The number of hydrogen-bond donors (Lipinski definition) is 1. The topological polar surface area (TPSA) is 51.6 Å². The molecule has 1 heterocycles. The summed E-state index contributed by atoms with van der Waals surface area (Å²) in [5.41, 5.74) is 1.63. The van der Waals surface area contributed by atoms with E-state index in [0.717, 1.165) is 24.3 Å². The van der Waals surface area contributed by atoms with Gasteiger partial charge in [0, 0.05) is 18.4 Å². The van der Waals surface area contributed by atoms with E-state index in [4.69, 9.17) is 14.6 Å². The Morgan fingerprint density at radius 3 is 2.69 bits per heavy atom. The largest absolute Gasteiger partial charge is 0.475 e. The van der Waals surface area contributed by atoms with E-state index in [2.05, 4.69) is 11.9 Å². The zero-order valence-electron chi connectivity index (χ0n) is 9.90. The van der Waals surface area contributed by atoms with Crippen LogP contribution in [-0.2, 0) is 11.3 Å². The van der Waals surface area contributed by atoms with E-state index in [9.17, 15) is 0 Å². The van der Waals surface area contributed by atoms with E-state index in [0.29, 0.717) is 19.1 Å². The minimum absolute atomic E-state index is 0.0126. The molecule has 16 heavy (non-hydrogen) atoms. The highest BCUT2D eigenvalue weighted by Gasteiger charge is 2.01. The molecule has 1 aromatic heterocycles. The van der Waals surface area contributed by atoms with Crippen molar-refractivity contribution in [2.75, 3.05) is 19.8 Å². The maximum atomic E-state index is 8.98. The number of aryl methyl sites for hydroxylation is 1. The Morgan fingerprint density at radius 2 is 2.06 bits per heavy atom. The van der Waals surface area contributed by atoms with E-state index >= 15 is 0 Å². The predicted octanol–water partition coefficient (Wildman–Crippen LogP) is 1.69. The van der Waals surface area contributed by atoms with Gasteiger partial charge in [-0.2, -0.15) is 0 Å². The zero-order valence-corrected chi connectivity index (χ0v) is 9.90. The molecule has 0 saturated carbocycles. The Balaban J connectivity index is 2.34. The van der Waals surface area contributed by atoms with Gasteiger partial charge in [-0.3, -0.25) is 0 Å². The average Bonchev–Trinajstić information content (AvgIpc) is 2.29. The summed E-state index contributed by atoms with van der Waals surface area (Å²) in [6.45, 7) is 5.78. The van der Waals surface area contributed by atoms with Crippen LogP contribution in [0.3, 0.4) is 0 Å². The third-order valence-corrected chi connectivity index (χ3v) is 2.17. The number of aromatic nitrogens is 1. The van der Waals surface area contributed by atoms with Gasteiger partial charge in [0.1, 0.15) is 6.61 Å². The quantitative estimate of drug-likeness (QED) is 0.717. The van der Waals surface area contributed by atoms with Gasteiger partial charge in [0.2, 0.25) is 5.88 Å². The van der Waals surface area contributed by atoms with Crippen LogP contribution < -0.4 is 4.74 Å². The van der Waals surface area contributed by atoms with Crippen LogP contribution in [0.4, 0.5) is 0 Å². The number of hydrogen-bond acceptors (Lipinski definition) is 4. The van der Waals surface area contributed by atoms with Crippen LogP contribution in [-0.4, -0.2) is 29.9 Å². The molecule has 0 spiro atoms. The number of pyridine rings is 1. The van der Waals surface area contributed by atoms with Gasteiger partial charge in [0.15, 0.2) is 0 Å². The molecule has 0 saturated heterocycles. The highest BCUT2D eigenvalue weighted by atomic mass is 16.5. The van der Waals surface area contributed by atoms with Gasteiger partial charge in [0.25, 0.3) is 0 Å². The summed E-state index contributed by atoms with van der Waals surface area (Å²) in [6.07, 6.45) is 1.02. The van der Waals surface area contributed by atoms with Crippen molar-refractivity contribution >= 4 is 0 Å². The molecular weight excluding hydrogens is 206 g/mol. The van der Waals surface area contributed by atoms with E-state index in [1.165, 1.54) is 0 Å². The Labute approximate surface area is 96.2 Å². The molecule has 90 valence electrons. The predicted molar refractivity (Wildman–Crippen MR) is 61.5 cm³/mol. The molecule has 0 radical (unpaired) electrons. The van der Waals surface area contributed by atoms with Gasteiger partial charge in [-0.25, -0.2) is 4.98 Å². The Kier molecular flexibility index (Phi) is 5.82. The van der Waals surface area contributed by atoms with Crippen molar-refractivity contribution in [2.24, 2.45) is 0 Å². The Bertz CT molecular complexity index is 315. The molecule has 0 atom stereocenters. The second-order valence-corrected chi connectivity index (χ2v) is 3.51. The lowest BCUT2D eigenvalue weighted by Gasteiger charge is -2.08. The van der Waals surface area contributed by atoms with Crippen LogP contribution in [0.15, 0.2) is 12.1 Å². The monoisotopic (exact) mass is 225 g/mol. The minimum atomic E-state index is 0.0126. The van der Waals surface area contributed by atoms with E-state index in [-0.39, 0.29) is 6.61 Å². The lowest BCUT2D eigenvalue weighted by Crippen LogP contribution is -2.08. The minimum Gasteiger partial charge on any atom is -0.475 e. The smallest absolute Gasteiger partial charge is 0.213 e. The molecule has 0 aliphatic carbocycles. The van der Waals surface area contributed by atoms with Crippen LogP contribution in [0.2, 0.25) is 0 Å². The molecule has 4 nitrogen and oxygen atoms in total. The van der Waals surface area contributed by atoms with Crippen molar-refractivity contribution in [3.05, 3.63) is 23.4 Å². The molecule has 0 aliphatic heterocycles. The molecule has 4 heteroatoms. The van der Waals surface area contributed by atoms with Gasteiger partial charge in [-0.05, 0) is 25.0 Å². The van der Waals surface area contributed by atoms with Crippen molar-refractivity contribution in [1.82, 2.24) is 4.98 Å². The van der Waals surface area contributed by atoms with Crippen LogP contribution >= 0.6 is 0 Å². The first-order valence-electron chi connectivity index (χ1n) is 5.55. The second kappa shape index (κ2) is 7.19. The molecule has 0 aromatic carbocycles. The number of aliphatic hydroxyl groups is 1. The number of ether oxygens (including phenoxy) is 2. The van der Waals surface area contributed by atoms with E-state index in [1.807, 2.05) is 13.0 Å². The van der Waals surface area contributed by atoms with Gasteiger partial charge in [0.05, 0.1) is 13.2 Å². The third kappa shape index (κ3) is 4.16. The first kappa shape index (κ1) is 12.9. The summed E-state index contributed by atoms with van der Waals surface area (Å²) >= 11 is 0. The number of aliphatic hydroxyl groups excluding tert-OH is 1. The standard InChI is InChI=1S/C12H19NO3/c1-3-6-15-7-8-16-12-5-4-11(9-14)10(2)13-12/h4-5,14H,3,6-9H2,1-2H3. The summed E-state index contributed by atoms with van der Waals surface area (Å²) in [5, 5.41) is 8.98. The molecule has 1 aromatic rings. The van der Waals surface area contributed by atoms with Crippen LogP contribution in [0.5, 0.6) is 5.88 Å². The third-order valence-electron chi connectivity index (χ3n) is 2.17. The number of rotatable bonds is 7. The van der Waals surface area contributed by atoms with Crippen molar-refractivity contribution in [2.45, 2.75) is 26.9 Å². The molecule has 0 unspecified atom stereocenters. The molecule has 0 fully saturated rings. The molecule has 0 aliphatic rings. The van der Waals surface area contributed by atoms with Crippen molar-refractivity contribution in [1.29, 1.82) is 0 Å². The maximum absolute atomic E-state index is 8.98. The van der Waals surface area contributed by atoms with Crippen LogP contribution in [0.25, 0.3) is 0 Å². The van der Waals surface area contributed by atoms with Gasteiger partial charge in [-0.1, -0.05) is 6.92 Å². The maximum Gasteiger partial charge on any atom is 0.213 e. The fourth-order valence-corrected chi connectivity index (χ4v) is 1.27. The zero-order chi connectivity index (χ0) is 11.8. The molecule has 1 rings (SSSR count). The average molecular weight is 225 g/mol. The Morgan fingerprint density at radius 1 is 1.25 bits per heavy atom. The van der Waals surface area contributed by atoms with Gasteiger partial charge < -0.3 is 14.6 Å². The van der Waals surface area contributed by atoms with Crippen LogP contribution in [0, 0.1) is 6.92 Å². The number of nitrogens with zero attached hydrogens (tertiary/aromatic N) is 1. The summed E-state index contributed by atoms with van der Waals surface area (Å²) in [4.78, 5) is 4.22. The van der Waals surface area contributed by atoms with Gasteiger partial charge in [-0.15, -0.1) is 0 Å². The molecule has 1 N–H and O–H groups in total.